The van der Waals surface area contributed by atoms with E-state index in [1.807, 2.05) is 22.7 Å². The Balaban J connectivity index is 0.654. The first-order valence-electron chi connectivity index (χ1n) is 37.5. The molecule has 16 aromatic carbocycles. The standard InChI is InChI=1S/C102H74N6S2/c1-8-25-77(26-9-1)103(78-27-10-2-11-28-78)86-53-57-90(58-54-86)107(85-49-43-73(44-50-85)75-48-70-100-97(71-75)94-39-22-23-42-99(94)109-100)91-59-55-89(56-60-91)106(83-37-20-7-21-38-83)84-51-45-74(46-52-84)76-47-69-95-96-40-24-41-98(102(96)110-101(95)72-76)108(92-65-61-87(62-66-92)104(79-29-12-3-13-30-79)80-31-14-4-15-32-80)93-67-63-88(64-68-93)105(81-33-16-5-17-34-81)82-35-18-6-19-36-82/h1-6,8-20,22-72H,7,21H2. The third kappa shape index (κ3) is 13.2. The molecule has 18 aromatic rings. The van der Waals surface area contributed by atoms with Gasteiger partial charge in [-0.2, -0.15) is 0 Å². The molecular weight excluding hydrogens is 1370 g/mol. The van der Waals surface area contributed by atoms with Crippen LogP contribution in [0.5, 0.6) is 0 Å². The molecule has 0 saturated heterocycles. The molecule has 2 aromatic heterocycles. The van der Waals surface area contributed by atoms with Crippen molar-refractivity contribution in [3.05, 3.63) is 430 Å². The molecule has 524 valence electrons. The van der Waals surface area contributed by atoms with E-state index in [0.29, 0.717) is 0 Å². The fourth-order valence-corrected chi connectivity index (χ4v) is 17.9. The fraction of sp³-hybridized carbons (Fsp3) is 0.0196. The van der Waals surface area contributed by atoms with E-state index in [-0.39, 0.29) is 0 Å². The van der Waals surface area contributed by atoms with Gasteiger partial charge in [0.2, 0.25) is 0 Å². The number of hydrogen-bond donors (Lipinski definition) is 0. The van der Waals surface area contributed by atoms with E-state index in [1.54, 1.807) is 0 Å². The molecular formula is C102H74N6S2. The van der Waals surface area contributed by atoms with Crippen LogP contribution < -0.4 is 29.4 Å². The van der Waals surface area contributed by atoms with Gasteiger partial charge in [0.1, 0.15) is 0 Å². The highest BCUT2D eigenvalue weighted by molar-refractivity contribution is 7.26. The Morgan fingerprint density at radius 1 is 0.191 bits per heavy atom. The van der Waals surface area contributed by atoms with Gasteiger partial charge in [-0.15, -0.1) is 22.7 Å². The van der Waals surface area contributed by atoms with Crippen LogP contribution in [0.4, 0.5) is 96.7 Å². The van der Waals surface area contributed by atoms with Crippen molar-refractivity contribution in [2.24, 2.45) is 0 Å². The molecule has 0 aliphatic heterocycles. The molecule has 110 heavy (non-hydrogen) atoms. The van der Waals surface area contributed by atoms with Gasteiger partial charge in [0, 0.05) is 132 Å². The van der Waals surface area contributed by atoms with E-state index in [4.69, 9.17) is 0 Å². The van der Waals surface area contributed by atoms with Crippen molar-refractivity contribution in [2.75, 3.05) is 29.4 Å². The first-order chi connectivity index (χ1) is 54.5. The Labute approximate surface area is 650 Å². The first kappa shape index (κ1) is 66.9. The fourth-order valence-electron chi connectivity index (χ4n) is 15.5. The van der Waals surface area contributed by atoms with Crippen molar-refractivity contribution in [3.63, 3.8) is 0 Å². The molecule has 0 saturated carbocycles. The number of thiophene rings is 2. The topological polar surface area (TPSA) is 19.4 Å². The van der Waals surface area contributed by atoms with Crippen LogP contribution in [0.3, 0.4) is 0 Å². The van der Waals surface area contributed by atoms with Gasteiger partial charge in [-0.25, -0.2) is 0 Å². The summed E-state index contributed by atoms with van der Waals surface area (Å²) in [6, 6.07) is 148. The van der Waals surface area contributed by atoms with Gasteiger partial charge in [-0.3, -0.25) is 0 Å². The average molecular weight is 1450 g/mol. The van der Waals surface area contributed by atoms with Crippen LogP contribution in [0.2, 0.25) is 0 Å². The van der Waals surface area contributed by atoms with Crippen LogP contribution in [0, 0.1) is 0 Å². The lowest BCUT2D eigenvalue weighted by Gasteiger charge is -2.30. The molecule has 0 bridgehead atoms. The van der Waals surface area contributed by atoms with Crippen molar-refractivity contribution in [2.45, 2.75) is 12.8 Å². The van der Waals surface area contributed by atoms with E-state index in [2.05, 4.69) is 454 Å². The minimum absolute atomic E-state index is 0.972. The molecule has 19 rings (SSSR count). The monoisotopic (exact) mass is 1450 g/mol. The van der Waals surface area contributed by atoms with Crippen molar-refractivity contribution in [1.29, 1.82) is 0 Å². The number of hydrogen-bond acceptors (Lipinski definition) is 8. The van der Waals surface area contributed by atoms with Gasteiger partial charge in [-0.05, 0) is 266 Å². The lowest BCUT2D eigenvalue weighted by atomic mass is 10.0. The van der Waals surface area contributed by atoms with Gasteiger partial charge < -0.3 is 29.4 Å². The number of anilines is 17. The maximum absolute atomic E-state index is 2.43. The smallest absolute Gasteiger partial charge is 0.0640 e. The molecule has 0 unspecified atom stereocenters. The van der Waals surface area contributed by atoms with Crippen LogP contribution in [-0.2, 0) is 0 Å². The van der Waals surface area contributed by atoms with Crippen LogP contribution in [0.1, 0.15) is 12.8 Å². The molecule has 0 fully saturated rings. The number of fused-ring (bicyclic) bond motifs is 6. The zero-order valence-electron chi connectivity index (χ0n) is 60.3. The second-order valence-corrected chi connectivity index (χ2v) is 29.7. The Morgan fingerprint density at radius 2 is 0.500 bits per heavy atom. The maximum atomic E-state index is 2.43. The van der Waals surface area contributed by atoms with Gasteiger partial charge in [0.25, 0.3) is 0 Å². The quantitative estimate of drug-likeness (QED) is 0.0752. The van der Waals surface area contributed by atoms with Gasteiger partial charge in [0.15, 0.2) is 0 Å². The predicted molar refractivity (Wildman–Crippen MR) is 472 cm³/mol. The molecule has 2 heterocycles. The van der Waals surface area contributed by atoms with Crippen molar-refractivity contribution >= 4 is 160 Å². The summed E-state index contributed by atoms with van der Waals surface area (Å²) in [5.74, 6) is 0. The normalized spacial score (nSPS) is 11.9. The lowest BCUT2D eigenvalue weighted by molar-refractivity contribution is 0.997. The van der Waals surface area contributed by atoms with Crippen molar-refractivity contribution in [3.8, 4) is 22.3 Å². The molecule has 0 amide bonds. The summed E-state index contributed by atoms with van der Waals surface area (Å²) < 4.78 is 5.06. The van der Waals surface area contributed by atoms with E-state index in [9.17, 15) is 0 Å². The summed E-state index contributed by atoms with van der Waals surface area (Å²) in [6.45, 7) is 0. The zero-order chi connectivity index (χ0) is 73.1. The number of nitrogens with zero attached hydrogens (tertiary/aromatic N) is 6. The predicted octanol–water partition coefficient (Wildman–Crippen LogP) is 30.5. The summed E-state index contributed by atoms with van der Waals surface area (Å²) in [4.78, 5) is 14.2. The van der Waals surface area contributed by atoms with Crippen LogP contribution in [0.25, 0.3) is 62.6 Å². The van der Waals surface area contributed by atoms with Gasteiger partial charge in [0.05, 0.1) is 10.4 Å². The van der Waals surface area contributed by atoms with Gasteiger partial charge in [-0.1, -0.05) is 194 Å². The summed E-state index contributed by atoms with van der Waals surface area (Å²) in [5.41, 5.74) is 24.2. The SMILES string of the molecule is C1=CC(N(c2ccc(-c3ccc4c(c3)sc3c(N(c5ccc(N(c6ccccc6)c6ccccc6)cc5)c5ccc(N(c6ccccc6)c6ccccc6)cc5)cccc34)cc2)c2ccc(N(c3ccc(-c4ccc5sc6ccccc6c5c4)cc3)c3ccc(N(c4ccccc4)c4ccccc4)cc3)cc2)=CCC1. The average Bonchev–Trinajstić information content (AvgIpc) is 1.83. The Kier molecular flexibility index (Phi) is 18.2. The lowest BCUT2D eigenvalue weighted by Crippen LogP contribution is -2.16. The molecule has 0 N–H and O–H groups in total. The summed E-state index contributed by atoms with van der Waals surface area (Å²) in [6.07, 6.45) is 8.93. The van der Waals surface area contributed by atoms with Crippen LogP contribution in [0.15, 0.2) is 430 Å². The Morgan fingerprint density at radius 3 is 0.900 bits per heavy atom. The molecule has 8 heteroatoms. The van der Waals surface area contributed by atoms with E-state index < -0.39 is 0 Å². The summed E-state index contributed by atoms with van der Waals surface area (Å²) >= 11 is 3.71. The summed E-state index contributed by atoms with van der Waals surface area (Å²) in [5, 5.41) is 5.06. The van der Waals surface area contributed by atoms with E-state index >= 15 is 0 Å². The summed E-state index contributed by atoms with van der Waals surface area (Å²) in [7, 11) is 0. The number of allylic oxidation sites excluding steroid dienone is 3. The highest BCUT2D eigenvalue weighted by atomic mass is 32.1. The Hall–Kier alpha value is -13.8. The first-order valence-corrected chi connectivity index (χ1v) is 39.1. The largest absolute Gasteiger partial charge is 0.311 e. The van der Waals surface area contributed by atoms with Crippen LogP contribution in [-0.4, -0.2) is 0 Å². The highest BCUT2D eigenvalue weighted by Gasteiger charge is 2.24. The minimum atomic E-state index is 0.972. The number of benzene rings is 16. The third-order valence-corrected chi connectivity index (χ3v) is 23.1. The number of rotatable bonds is 20. The molecule has 0 radical (unpaired) electrons. The second-order valence-electron chi connectivity index (χ2n) is 27.6. The molecule has 6 nitrogen and oxygen atoms in total. The molecule has 1 aliphatic rings. The second kappa shape index (κ2) is 29.9. The van der Waals surface area contributed by atoms with Crippen molar-refractivity contribution in [1.82, 2.24) is 0 Å². The van der Waals surface area contributed by atoms with Gasteiger partial charge >= 0.3 is 0 Å². The molecule has 1 aliphatic carbocycles. The third-order valence-electron chi connectivity index (χ3n) is 20.8. The maximum Gasteiger partial charge on any atom is 0.0640 e. The van der Waals surface area contributed by atoms with Crippen LogP contribution >= 0.6 is 22.7 Å². The highest BCUT2D eigenvalue weighted by Crippen LogP contribution is 2.49. The van der Waals surface area contributed by atoms with Crippen molar-refractivity contribution < 1.29 is 0 Å². The molecule has 0 spiro atoms. The van der Waals surface area contributed by atoms with E-state index in [0.717, 1.165) is 121 Å². The zero-order valence-corrected chi connectivity index (χ0v) is 62.0. The molecule has 0 atom stereocenters. The Bertz CT molecular complexity index is 6050. The van der Waals surface area contributed by atoms with E-state index in [1.165, 1.54) is 57.0 Å². The number of para-hydroxylation sites is 6. The minimum Gasteiger partial charge on any atom is -0.311 e.